The van der Waals surface area contributed by atoms with E-state index in [1.165, 1.54) is 16.9 Å². The lowest BCUT2D eigenvalue weighted by Gasteiger charge is -1.99. The van der Waals surface area contributed by atoms with Gasteiger partial charge in [-0.1, -0.05) is 0 Å². The predicted molar refractivity (Wildman–Crippen MR) is 57.4 cm³/mol. The third kappa shape index (κ3) is 1.86. The third-order valence-electron chi connectivity index (χ3n) is 2.55. The van der Waals surface area contributed by atoms with Gasteiger partial charge in [-0.3, -0.25) is 4.79 Å². The van der Waals surface area contributed by atoms with Crippen LogP contribution in [-0.2, 0) is 0 Å². The van der Waals surface area contributed by atoms with Crippen LogP contribution in [0.25, 0.3) is 5.95 Å². The SMILES string of the molecule is NC(=O)c1ccnc(-n2cnc(C3CC3)n2)n1. The Bertz CT molecular complexity index is 574. The molecule has 86 valence electrons. The number of hydrogen-bond donors (Lipinski definition) is 1. The number of aromatic nitrogens is 5. The van der Waals surface area contributed by atoms with E-state index in [2.05, 4.69) is 20.1 Å². The summed E-state index contributed by atoms with van der Waals surface area (Å²) in [5.41, 5.74) is 5.31. The minimum absolute atomic E-state index is 0.165. The molecule has 0 atom stereocenters. The highest BCUT2D eigenvalue weighted by Gasteiger charge is 2.27. The molecule has 0 saturated heterocycles. The van der Waals surface area contributed by atoms with Crippen molar-refractivity contribution >= 4 is 5.91 Å². The quantitative estimate of drug-likeness (QED) is 0.802. The Labute approximate surface area is 96.7 Å². The summed E-state index contributed by atoms with van der Waals surface area (Å²) in [5, 5.41) is 4.27. The van der Waals surface area contributed by atoms with Crippen molar-refractivity contribution in [2.75, 3.05) is 0 Å². The van der Waals surface area contributed by atoms with Crippen LogP contribution in [0, 0.1) is 0 Å². The van der Waals surface area contributed by atoms with Crippen LogP contribution in [0.3, 0.4) is 0 Å². The molecule has 1 aliphatic carbocycles. The van der Waals surface area contributed by atoms with Crippen LogP contribution in [-0.4, -0.2) is 30.6 Å². The monoisotopic (exact) mass is 230 g/mol. The first kappa shape index (κ1) is 9.88. The summed E-state index contributed by atoms with van der Waals surface area (Å²) in [7, 11) is 0. The summed E-state index contributed by atoms with van der Waals surface area (Å²) in [6.07, 6.45) is 5.28. The smallest absolute Gasteiger partial charge is 0.267 e. The molecule has 2 N–H and O–H groups in total. The third-order valence-corrected chi connectivity index (χ3v) is 2.55. The number of amides is 1. The van der Waals surface area contributed by atoms with Gasteiger partial charge in [0, 0.05) is 12.1 Å². The molecule has 1 aliphatic rings. The van der Waals surface area contributed by atoms with Gasteiger partial charge in [-0.15, -0.1) is 5.10 Å². The summed E-state index contributed by atoms with van der Waals surface area (Å²) in [5.74, 6) is 0.991. The van der Waals surface area contributed by atoms with E-state index in [1.807, 2.05) is 0 Å². The van der Waals surface area contributed by atoms with Gasteiger partial charge in [-0.2, -0.15) is 4.68 Å². The lowest BCUT2D eigenvalue weighted by molar-refractivity contribution is 0.0995. The Morgan fingerprint density at radius 2 is 2.24 bits per heavy atom. The van der Waals surface area contributed by atoms with Crippen molar-refractivity contribution in [3.63, 3.8) is 0 Å². The summed E-state index contributed by atoms with van der Waals surface area (Å²) in [6, 6.07) is 1.46. The minimum Gasteiger partial charge on any atom is -0.364 e. The lowest BCUT2D eigenvalue weighted by Crippen LogP contribution is -2.15. The summed E-state index contributed by atoms with van der Waals surface area (Å²) >= 11 is 0. The first-order chi connectivity index (χ1) is 8.24. The van der Waals surface area contributed by atoms with Gasteiger partial charge >= 0.3 is 0 Å². The largest absolute Gasteiger partial charge is 0.364 e. The van der Waals surface area contributed by atoms with E-state index < -0.39 is 5.91 Å². The second-order valence-corrected chi connectivity index (χ2v) is 3.93. The molecule has 0 aliphatic heterocycles. The first-order valence-corrected chi connectivity index (χ1v) is 5.29. The second-order valence-electron chi connectivity index (χ2n) is 3.93. The molecule has 2 heterocycles. The van der Waals surface area contributed by atoms with Gasteiger partial charge in [0.2, 0.25) is 0 Å². The number of nitrogens with zero attached hydrogens (tertiary/aromatic N) is 5. The number of nitrogens with two attached hydrogens (primary N) is 1. The van der Waals surface area contributed by atoms with Gasteiger partial charge < -0.3 is 5.73 Å². The fraction of sp³-hybridized carbons (Fsp3) is 0.300. The molecule has 0 radical (unpaired) electrons. The van der Waals surface area contributed by atoms with Crippen LogP contribution in [0.1, 0.15) is 35.1 Å². The fourth-order valence-electron chi connectivity index (χ4n) is 1.50. The van der Waals surface area contributed by atoms with Gasteiger partial charge in [0.1, 0.15) is 12.0 Å². The average Bonchev–Trinajstić information content (AvgIpc) is 3.07. The molecule has 17 heavy (non-hydrogen) atoms. The Balaban J connectivity index is 1.96. The van der Waals surface area contributed by atoms with Crippen LogP contribution in [0.5, 0.6) is 0 Å². The van der Waals surface area contributed by atoms with Crippen LogP contribution >= 0.6 is 0 Å². The zero-order chi connectivity index (χ0) is 11.8. The van der Waals surface area contributed by atoms with Gasteiger partial charge in [-0.25, -0.2) is 15.0 Å². The Morgan fingerprint density at radius 3 is 2.94 bits per heavy atom. The van der Waals surface area contributed by atoms with Gasteiger partial charge in [0.05, 0.1) is 0 Å². The number of carbonyl (C=O) groups excluding carboxylic acids is 1. The van der Waals surface area contributed by atoms with E-state index in [1.54, 1.807) is 6.33 Å². The highest BCUT2D eigenvalue weighted by molar-refractivity contribution is 5.90. The fourth-order valence-corrected chi connectivity index (χ4v) is 1.50. The van der Waals surface area contributed by atoms with E-state index in [4.69, 9.17) is 5.73 Å². The van der Waals surface area contributed by atoms with Crippen molar-refractivity contribution in [1.29, 1.82) is 0 Å². The Kier molecular flexibility index (Phi) is 2.10. The van der Waals surface area contributed by atoms with Crippen LogP contribution in [0.2, 0.25) is 0 Å². The molecule has 1 fully saturated rings. The summed E-state index contributed by atoms with van der Waals surface area (Å²) < 4.78 is 1.46. The lowest BCUT2D eigenvalue weighted by atomic mass is 10.4. The zero-order valence-corrected chi connectivity index (χ0v) is 8.95. The molecule has 0 aromatic carbocycles. The minimum atomic E-state index is -0.587. The van der Waals surface area contributed by atoms with E-state index in [0.29, 0.717) is 11.9 Å². The van der Waals surface area contributed by atoms with E-state index >= 15 is 0 Å². The van der Waals surface area contributed by atoms with Crippen molar-refractivity contribution < 1.29 is 4.79 Å². The van der Waals surface area contributed by atoms with Crippen molar-refractivity contribution in [3.05, 3.63) is 30.1 Å². The second kappa shape index (κ2) is 3.62. The average molecular weight is 230 g/mol. The van der Waals surface area contributed by atoms with Crippen molar-refractivity contribution in [2.45, 2.75) is 18.8 Å². The molecule has 1 amide bonds. The first-order valence-electron chi connectivity index (χ1n) is 5.29. The number of carbonyl (C=O) groups is 1. The molecule has 2 aromatic heterocycles. The molecule has 3 rings (SSSR count). The molecule has 1 saturated carbocycles. The molecule has 0 bridgehead atoms. The molecule has 0 spiro atoms. The molecule has 7 heteroatoms. The van der Waals surface area contributed by atoms with Gasteiger partial charge in [-0.05, 0) is 18.9 Å². The van der Waals surface area contributed by atoms with Crippen LogP contribution in [0.15, 0.2) is 18.6 Å². The van der Waals surface area contributed by atoms with Crippen LogP contribution in [0.4, 0.5) is 0 Å². The normalized spacial score (nSPS) is 14.8. The maximum absolute atomic E-state index is 11.0. The molecular weight excluding hydrogens is 220 g/mol. The molecular formula is C10H10N6O. The molecule has 2 aromatic rings. The molecule has 7 nitrogen and oxygen atoms in total. The van der Waals surface area contributed by atoms with E-state index in [9.17, 15) is 4.79 Å². The zero-order valence-electron chi connectivity index (χ0n) is 8.95. The van der Waals surface area contributed by atoms with Gasteiger partial charge in [0.25, 0.3) is 11.9 Å². The highest BCUT2D eigenvalue weighted by Crippen LogP contribution is 2.37. The molecule has 0 unspecified atom stereocenters. The highest BCUT2D eigenvalue weighted by atomic mass is 16.1. The topological polar surface area (TPSA) is 99.6 Å². The number of rotatable bonds is 3. The Morgan fingerprint density at radius 1 is 1.41 bits per heavy atom. The van der Waals surface area contributed by atoms with Gasteiger partial charge in [0.15, 0.2) is 5.82 Å². The standard InChI is InChI=1S/C10H10N6O/c11-8(17)7-3-4-12-10(14-7)16-5-13-9(15-16)6-1-2-6/h3-6H,1-2H2,(H2,11,17). The maximum atomic E-state index is 11.0. The Hall–Kier alpha value is -2.31. The number of hydrogen-bond acceptors (Lipinski definition) is 5. The van der Waals surface area contributed by atoms with Crippen molar-refractivity contribution in [2.24, 2.45) is 5.73 Å². The summed E-state index contributed by atoms with van der Waals surface area (Å²) in [4.78, 5) is 23.2. The van der Waals surface area contributed by atoms with Crippen LogP contribution < -0.4 is 5.73 Å². The number of primary amides is 1. The van der Waals surface area contributed by atoms with Crippen molar-refractivity contribution in [3.8, 4) is 5.95 Å². The summed E-state index contributed by atoms with van der Waals surface area (Å²) in [6.45, 7) is 0. The predicted octanol–water partition coefficient (Wildman–Crippen LogP) is 0.0336. The maximum Gasteiger partial charge on any atom is 0.267 e. The van der Waals surface area contributed by atoms with Crippen molar-refractivity contribution in [1.82, 2.24) is 24.7 Å². The van der Waals surface area contributed by atoms with E-state index in [-0.39, 0.29) is 5.69 Å². The van der Waals surface area contributed by atoms with E-state index in [0.717, 1.165) is 18.7 Å².